The number of pyridine rings is 2. The zero-order valence-electron chi connectivity index (χ0n) is 42.6. The smallest absolute Gasteiger partial charge is 0.481 e. The standard InChI is InChI=1S/C26H24F3N7O3S.C19H19F3N6O2S.C7H7NO2/c27-26(28,29)39-20-9-5-6-17(14-20)15-22(37)31-21-12-11-18(33-34-21)7-1-2-10-24-35-36-25(40-24)32-23(38)16-19-8-3-4-13-30-19;20-19(21,22)30-14-6-3-4-12(10-14)11-16(29)24-15-9-8-13(25-26-15)5-1-2-7-17-27-28-18(23)31-17;9-7(10)5-6-3-1-2-4-8-6/h3-6,8-9,11-14H,1-2,7,10,15-16H2,(H,31,34,37)(H,32,36,38);3-4,6,8-10H,1-2,5,7,11H2,(H2,23,28)(H,24,26,29);1-4H,5H2,(H,9,10). The molecule has 0 radical (unpaired) electrons. The number of carboxylic acids is 1. The number of aromatic nitrogens is 10. The van der Waals surface area contributed by atoms with Crippen molar-refractivity contribution in [2.45, 2.75) is 89.8 Å². The van der Waals surface area contributed by atoms with Crippen molar-refractivity contribution in [2.75, 3.05) is 21.7 Å². The number of carbonyl (C=O) groups excluding carboxylic acids is 3. The second-order valence-electron chi connectivity index (χ2n) is 17.0. The summed E-state index contributed by atoms with van der Waals surface area (Å²) in [6, 6.07) is 27.9. The number of benzene rings is 2. The first kappa shape index (κ1) is 61.1. The fourth-order valence-electron chi connectivity index (χ4n) is 7.00. The summed E-state index contributed by atoms with van der Waals surface area (Å²) in [7, 11) is 0. The molecule has 0 spiro atoms. The third-order valence-electron chi connectivity index (χ3n) is 10.4. The van der Waals surface area contributed by atoms with E-state index in [-0.39, 0.29) is 49.0 Å². The van der Waals surface area contributed by atoms with Crippen molar-refractivity contribution in [1.82, 2.24) is 50.8 Å². The third-order valence-corrected chi connectivity index (χ3v) is 12.1. The van der Waals surface area contributed by atoms with Gasteiger partial charge in [-0.1, -0.05) is 59.1 Å². The molecule has 21 nitrogen and oxygen atoms in total. The highest BCUT2D eigenvalue weighted by Gasteiger charge is 2.32. The first-order chi connectivity index (χ1) is 38.8. The van der Waals surface area contributed by atoms with Crippen LogP contribution in [0.5, 0.6) is 11.5 Å². The summed E-state index contributed by atoms with van der Waals surface area (Å²) in [4.78, 5) is 54.7. The third kappa shape index (κ3) is 24.6. The number of aliphatic carboxylic acids is 1. The number of carboxylic acid groups (broad SMARTS) is 1. The molecule has 0 aliphatic heterocycles. The van der Waals surface area contributed by atoms with Gasteiger partial charge in [-0.15, -0.1) is 56.9 Å². The minimum Gasteiger partial charge on any atom is -0.481 e. The number of anilines is 4. The maximum Gasteiger partial charge on any atom is 0.573 e. The fraction of sp³-hybridized carbons (Fsp3) is 0.269. The van der Waals surface area contributed by atoms with Gasteiger partial charge in [0.1, 0.15) is 21.5 Å². The Bertz CT molecular complexity index is 3250. The van der Waals surface area contributed by atoms with Crippen molar-refractivity contribution >= 4 is 68.3 Å². The van der Waals surface area contributed by atoms with Crippen LogP contribution in [0.25, 0.3) is 0 Å². The Balaban J connectivity index is 0.000000227. The number of aryl methyl sites for hydroxylation is 4. The van der Waals surface area contributed by atoms with Gasteiger partial charge in [0.05, 0.1) is 42.8 Å². The van der Waals surface area contributed by atoms with Crippen molar-refractivity contribution in [1.29, 1.82) is 0 Å². The predicted octanol–water partition coefficient (Wildman–Crippen LogP) is 8.81. The molecule has 6 heterocycles. The molecule has 3 amide bonds. The summed E-state index contributed by atoms with van der Waals surface area (Å²) >= 11 is 2.70. The number of hydrogen-bond donors (Lipinski definition) is 5. The zero-order valence-corrected chi connectivity index (χ0v) is 44.2. The Kier molecular flexibility index (Phi) is 23.3. The van der Waals surface area contributed by atoms with E-state index in [0.29, 0.717) is 45.6 Å². The summed E-state index contributed by atoms with van der Waals surface area (Å²) in [6.45, 7) is 0. The first-order valence-corrected chi connectivity index (χ1v) is 26.1. The van der Waals surface area contributed by atoms with Crippen LogP contribution in [0.4, 0.5) is 48.2 Å². The maximum atomic E-state index is 12.4. The molecule has 2 aromatic carbocycles. The van der Waals surface area contributed by atoms with Crippen LogP contribution < -0.4 is 31.2 Å². The highest BCUT2D eigenvalue weighted by Crippen LogP contribution is 2.26. The lowest BCUT2D eigenvalue weighted by molar-refractivity contribution is -0.275. The molecule has 0 aliphatic carbocycles. The number of nitrogen functional groups attached to an aromatic ring is 1. The van der Waals surface area contributed by atoms with Crippen LogP contribution >= 0.6 is 22.7 Å². The topological polar surface area (TPSA) is 298 Å². The molecule has 6 N–H and O–H groups in total. The van der Waals surface area contributed by atoms with Crippen LogP contribution in [0.2, 0.25) is 0 Å². The summed E-state index contributed by atoms with van der Waals surface area (Å²) in [6.07, 6.45) is -0.173. The number of amides is 3. The Morgan fingerprint density at radius 1 is 0.481 bits per heavy atom. The molecular formula is C52H50F6N14O7S2. The van der Waals surface area contributed by atoms with Crippen molar-refractivity contribution in [3.05, 3.63) is 166 Å². The average molecular weight is 1160 g/mol. The van der Waals surface area contributed by atoms with Gasteiger partial charge in [-0.25, -0.2) is 0 Å². The number of alkyl halides is 6. The molecule has 6 aromatic heterocycles. The lowest BCUT2D eigenvalue weighted by Crippen LogP contribution is -2.18. The van der Waals surface area contributed by atoms with Gasteiger partial charge >= 0.3 is 18.7 Å². The predicted molar refractivity (Wildman–Crippen MR) is 285 cm³/mol. The average Bonchev–Trinajstić information content (AvgIpc) is 4.05. The van der Waals surface area contributed by atoms with Crippen LogP contribution in [0, 0.1) is 0 Å². The zero-order chi connectivity index (χ0) is 58.0. The summed E-state index contributed by atoms with van der Waals surface area (Å²) < 4.78 is 81.8. The largest absolute Gasteiger partial charge is 0.573 e. The number of nitrogens with two attached hydrogens (primary N) is 1. The number of halogens is 6. The van der Waals surface area contributed by atoms with Crippen molar-refractivity contribution in [3.63, 3.8) is 0 Å². The van der Waals surface area contributed by atoms with E-state index in [9.17, 15) is 45.5 Å². The van der Waals surface area contributed by atoms with E-state index in [2.05, 4.69) is 76.2 Å². The van der Waals surface area contributed by atoms with E-state index < -0.39 is 36.3 Å². The van der Waals surface area contributed by atoms with Crippen LogP contribution in [-0.4, -0.2) is 92.3 Å². The highest BCUT2D eigenvalue weighted by molar-refractivity contribution is 7.15. The van der Waals surface area contributed by atoms with Crippen LogP contribution in [0.3, 0.4) is 0 Å². The van der Waals surface area contributed by atoms with Gasteiger partial charge in [0, 0.05) is 30.9 Å². The molecule has 0 unspecified atom stereocenters. The molecule has 0 fully saturated rings. The molecule has 0 aliphatic rings. The Labute approximate surface area is 465 Å². The molecule has 0 atom stereocenters. The SMILES string of the molecule is Nc1nnc(CCCCc2ccc(NC(=O)Cc3cccc(OC(F)(F)F)c3)nn2)s1.O=C(Cc1cccc(OC(F)(F)F)c1)Nc1ccc(CCCCc2nnc(NC(=O)Cc3ccccn3)s2)nn1.O=C(O)Cc1ccccn1. The summed E-state index contributed by atoms with van der Waals surface area (Å²) in [5.74, 6) is -2.20. The molecule has 8 aromatic rings. The number of hydrogen-bond acceptors (Lipinski definition) is 19. The minimum atomic E-state index is -4.81. The van der Waals surface area contributed by atoms with Crippen molar-refractivity contribution in [2.24, 2.45) is 0 Å². The fourth-order valence-corrected chi connectivity index (χ4v) is 8.44. The highest BCUT2D eigenvalue weighted by atomic mass is 32.1. The Morgan fingerprint density at radius 2 is 0.951 bits per heavy atom. The molecule has 424 valence electrons. The number of carbonyl (C=O) groups is 4. The quantitative estimate of drug-likeness (QED) is 0.0295. The van der Waals surface area contributed by atoms with E-state index in [1.165, 1.54) is 53.0 Å². The number of unbranched alkanes of at least 4 members (excludes halogenated alkanes) is 2. The molecular weight excluding hydrogens is 1110 g/mol. The van der Waals surface area contributed by atoms with Crippen LogP contribution in [0.1, 0.15) is 69.6 Å². The minimum absolute atomic E-state index is 0.000833. The lowest BCUT2D eigenvalue weighted by Gasteiger charge is -2.10. The van der Waals surface area contributed by atoms with Crippen LogP contribution in [-0.2, 0) is 70.5 Å². The second kappa shape index (κ2) is 30.9. The molecule has 29 heteroatoms. The first-order valence-electron chi connectivity index (χ1n) is 24.4. The van der Waals surface area contributed by atoms with E-state index in [1.54, 1.807) is 67.0 Å². The molecule has 0 saturated carbocycles. The van der Waals surface area contributed by atoms with Crippen LogP contribution in [0.15, 0.2) is 122 Å². The molecule has 8 rings (SSSR count). The van der Waals surface area contributed by atoms with Gasteiger partial charge in [-0.3, -0.25) is 29.1 Å². The maximum absolute atomic E-state index is 12.4. The number of rotatable bonds is 23. The Morgan fingerprint density at radius 3 is 1.38 bits per heavy atom. The van der Waals surface area contributed by atoms with Crippen molar-refractivity contribution < 1.29 is 60.1 Å². The van der Waals surface area contributed by atoms with Gasteiger partial charge in [-0.05, 0) is 122 Å². The van der Waals surface area contributed by atoms with Gasteiger partial charge in [0.25, 0.3) is 0 Å². The van der Waals surface area contributed by atoms with Gasteiger partial charge in [0.15, 0.2) is 11.6 Å². The molecule has 0 saturated heterocycles. The molecule has 0 bridgehead atoms. The van der Waals surface area contributed by atoms with Crippen molar-refractivity contribution in [3.8, 4) is 11.5 Å². The number of nitrogens with zero attached hydrogens (tertiary/aromatic N) is 10. The van der Waals surface area contributed by atoms with E-state index in [4.69, 9.17) is 10.8 Å². The van der Waals surface area contributed by atoms with E-state index in [0.717, 1.165) is 78.1 Å². The van der Waals surface area contributed by atoms with E-state index >= 15 is 0 Å². The number of ether oxygens (including phenoxy) is 2. The summed E-state index contributed by atoms with van der Waals surface area (Å²) in [5, 5.41) is 50.9. The van der Waals surface area contributed by atoms with Gasteiger partial charge in [-0.2, -0.15) is 10.2 Å². The van der Waals surface area contributed by atoms with E-state index in [1.807, 2.05) is 6.07 Å². The number of nitrogens with one attached hydrogen (secondary N) is 3. The van der Waals surface area contributed by atoms with Gasteiger partial charge < -0.3 is 36.3 Å². The van der Waals surface area contributed by atoms with Gasteiger partial charge in [0.2, 0.25) is 28.0 Å². The molecule has 81 heavy (non-hydrogen) atoms. The summed E-state index contributed by atoms with van der Waals surface area (Å²) in [5.41, 5.74) is 9.08. The Hall–Kier alpha value is -9.12. The lowest BCUT2D eigenvalue weighted by atomic mass is 10.1. The monoisotopic (exact) mass is 1160 g/mol. The second-order valence-corrected chi connectivity index (χ2v) is 19.2. The normalized spacial score (nSPS) is 11.0.